The Labute approximate surface area is 139 Å². The molecule has 0 unspecified atom stereocenters. The van der Waals surface area contributed by atoms with Crippen LogP contribution < -0.4 is 4.74 Å². The molecule has 0 aliphatic rings. The van der Waals surface area contributed by atoms with Gasteiger partial charge in [0.25, 0.3) is 0 Å². The van der Waals surface area contributed by atoms with E-state index in [0.29, 0.717) is 17.1 Å². The quantitative estimate of drug-likeness (QED) is 0.622. The van der Waals surface area contributed by atoms with Gasteiger partial charge >= 0.3 is 0 Å². The molecule has 0 radical (unpaired) electrons. The highest BCUT2D eigenvalue weighted by atomic mass is 16.5. The van der Waals surface area contributed by atoms with Crippen molar-refractivity contribution in [2.45, 2.75) is 13.3 Å². The Morgan fingerprint density at radius 1 is 1.12 bits per heavy atom. The first-order valence-corrected chi connectivity index (χ1v) is 7.33. The fraction of sp³-hybridized carbons (Fsp3) is 0.158. The van der Waals surface area contributed by atoms with Crippen LogP contribution in [0.25, 0.3) is 12.2 Å². The molecule has 0 amide bonds. The molecule has 24 heavy (non-hydrogen) atoms. The minimum absolute atomic E-state index is 0.0226. The molecular weight excluding hydrogens is 308 g/mol. The molecule has 0 saturated carbocycles. The molecule has 1 aromatic heterocycles. The summed E-state index contributed by atoms with van der Waals surface area (Å²) in [4.78, 5) is 23.6. The lowest BCUT2D eigenvalue weighted by Gasteiger charge is -2.03. The average Bonchev–Trinajstić information content (AvgIpc) is 2.97. The van der Waals surface area contributed by atoms with Gasteiger partial charge in [-0.05, 0) is 55.0 Å². The molecule has 5 nitrogen and oxygen atoms in total. The SMILES string of the molecule is COc1cc(C=CC(=O)CC(=O)C=Cc2ccc(C)o2)ccc1O. The summed E-state index contributed by atoms with van der Waals surface area (Å²) in [5, 5.41) is 9.51. The zero-order valence-electron chi connectivity index (χ0n) is 13.5. The Kier molecular flexibility index (Phi) is 5.73. The van der Waals surface area contributed by atoms with Gasteiger partial charge in [0, 0.05) is 0 Å². The van der Waals surface area contributed by atoms with Crippen LogP contribution in [-0.2, 0) is 9.59 Å². The number of rotatable bonds is 7. The largest absolute Gasteiger partial charge is 0.504 e. The van der Waals surface area contributed by atoms with Gasteiger partial charge in [-0.3, -0.25) is 9.59 Å². The van der Waals surface area contributed by atoms with Crippen LogP contribution >= 0.6 is 0 Å². The number of benzene rings is 1. The third kappa shape index (κ3) is 4.98. The van der Waals surface area contributed by atoms with Crippen molar-refractivity contribution in [2.75, 3.05) is 7.11 Å². The van der Waals surface area contributed by atoms with Crippen molar-refractivity contribution in [1.82, 2.24) is 0 Å². The normalized spacial score (nSPS) is 11.2. The molecule has 0 atom stereocenters. The second kappa shape index (κ2) is 7.97. The lowest BCUT2D eigenvalue weighted by atomic mass is 10.1. The van der Waals surface area contributed by atoms with E-state index in [9.17, 15) is 14.7 Å². The second-order valence-corrected chi connectivity index (χ2v) is 5.16. The number of phenolic OH excluding ortho intramolecular Hbond substituents is 1. The summed E-state index contributed by atoms with van der Waals surface area (Å²) in [6.07, 6.45) is 5.54. The molecule has 2 aromatic rings. The van der Waals surface area contributed by atoms with Crippen LogP contribution in [0.2, 0.25) is 0 Å². The van der Waals surface area contributed by atoms with Crippen LogP contribution in [0, 0.1) is 6.92 Å². The lowest BCUT2D eigenvalue weighted by Crippen LogP contribution is -2.01. The van der Waals surface area contributed by atoms with Crippen molar-refractivity contribution >= 4 is 23.7 Å². The molecule has 1 aromatic carbocycles. The first-order chi connectivity index (χ1) is 11.5. The predicted molar refractivity (Wildman–Crippen MR) is 90.8 cm³/mol. The zero-order chi connectivity index (χ0) is 17.5. The predicted octanol–water partition coefficient (Wildman–Crippen LogP) is 3.56. The third-order valence-electron chi connectivity index (χ3n) is 3.21. The number of allylic oxidation sites excluding steroid dienone is 2. The number of hydrogen-bond acceptors (Lipinski definition) is 5. The van der Waals surface area contributed by atoms with Gasteiger partial charge in [-0.2, -0.15) is 0 Å². The molecule has 2 rings (SSSR count). The topological polar surface area (TPSA) is 76.7 Å². The number of methoxy groups -OCH3 is 1. The maximum absolute atomic E-state index is 11.8. The first-order valence-electron chi connectivity index (χ1n) is 7.33. The second-order valence-electron chi connectivity index (χ2n) is 5.16. The number of furan rings is 1. The maximum Gasteiger partial charge on any atom is 0.163 e. The number of ether oxygens (including phenoxy) is 1. The van der Waals surface area contributed by atoms with Crippen LogP contribution in [0.4, 0.5) is 0 Å². The number of hydrogen-bond donors (Lipinski definition) is 1. The number of carbonyl (C=O) groups is 2. The summed E-state index contributed by atoms with van der Waals surface area (Å²) in [7, 11) is 1.44. The Bertz CT molecular complexity index is 796. The van der Waals surface area contributed by atoms with E-state index in [1.165, 1.54) is 31.4 Å². The molecule has 1 heterocycles. The summed E-state index contributed by atoms with van der Waals surface area (Å²) in [6.45, 7) is 1.81. The summed E-state index contributed by atoms with van der Waals surface area (Å²) in [5.74, 6) is 1.05. The van der Waals surface area contributed by atoms with Gasteiger partial charge < -0.3 is 14.3 Å². The molecule has 0 bridgehead atoms. The summed E-state index contributed by atoms with van der Waals surface area (Å²) in [5.41, 5.74) is 0.687. The van der Waals surface area contributed by atoms with Crippen molar-refractivity contribution < 1.29 is 23.8 Å². The first kappa shape index (κ1) is 17.3. The summed E-state index contributed by atoms with van der Waals surface area (Å²) < 4.78 is 10.3. The molecule has 0 fully saturated rings. The minimum Gasteiger partial charge on any atom is -0.504 e. The van der Waals surface area contributed by atoms with E-state index in [1.54, 1.807) is 30.3 Å². The number of aromatic hydroxyl groups is 1. The van der Waals surface area contributed by atoms with E-state index >= 15 is 0 Å². The van der Waals surface area contributed by atoms with E-state index in [2.05, 4.69) is 0 Å². The molecule has 5 heteroatoms. The van der Waals surface area contributed by atoms with Gasteiger partial charge in [0.1, 0.15) is 11.5 Å². The van der Waals surface area contributed by atoms with Crippen molar-refractivity contribution in [3.63, 3.8) is 0 Å². The van der Waals surface area contributed by atoms with E-state index in [-0.39, 0.29) is 23.7 Å². The van der Waals surface area contributed by atoms with Crippen molar-refractivity contribution in [1.29, 1.82) is 0 Å². The van der Waals surface area contributed by atoms with Crippen LogP contribution in [0.15, 0.2) is 46.9 Å². The summed E-state index contributed by atoms with van der Waals surface area (Å²) >= 11 is 0. The van der Waals surface area contributed by atoms with Gasteiger partial charge in [-0.25, -0.2) is 0 Å². The monoisotopic (exact) mass is 326 g/mol. The van der Waals surface area contributed by atoms with Gasteiger partial charge in [0.2, 0.25) is 0 Å². The van der Waals surface area contributed by atoms with Gasteiger partial charge in [0.15, 0.2) is 23.1 Å². The highest BCUT2D eigenvalue weighted by Gasteiger charge is 2.05. The average molecular weight is 326 g/mol. The fourth-order valence-corrected chi connectivity index (χ4v) is 1.99. The lowest BCUT2D eigenvalue weighted by molar-refractivity contribution is -0.121. The Hall–Kier alpha value is -3.08. The highest BCUT2D eigenvalue weighted by molar-refractivity contribution is 6.10. The standard InChI is InChI=1S/C19H18O5/c1-13-3-8-17(24-13)9-7-16(21)12-15(20)6-4-14-5-10-18(22)19(11-14)23-2/h3-11,22H,12H2,1-2H3. The van der Waals surface area contributed by atoms with Crippen LogP contribution in [-0.4, -0.2) is 23.8 Å². The van der Waals surface area contributed by atoms with Crippen molar-refractivity contribution in [3.05, 3.63) is 59.6 Å². The highest BCUT2D eigenvalue weighted by Crippen LogP contribution is 2.26. The molecule has 0 saturated heterocycles. The number of aryl methyl sites for hydroxylation is 1. The smallest absolute Gasteiger partial charge is 0.163 e. The van der Waals surface area contributed by atoms with E-state index in [1.807, 2.05) is 6.92 Å². The van der Waals surface area contributed by atoms with Crippen LogP contribution in [0.3, 0.4) is 0 Å². The molecule has 1 N–H and O–H groups in total. The Morgan fingerprint density at radius 2 is 1.83 bits per heavy atom. The molecule has 124 valence electrons. The third-order valence-corrected chi connectivity index (χ3v) is 3.21. The van der Waals surface area contributed by atoms with E-state index in [4.69, 9.17) is 9.15 Å². The number of carbonyl (C=O) groups excluding carboxylic acids is 2. The van der Waals surface area contributed by atoms with Gasteiger partial charge in [-0.1, -0.05) is 12.1 Å². The Balaban J connectivity index is 1.92. The van der Waals surface area contributed by atoms with Crippen LogP contribution in [0.5, 0.6) is 11.5 Å². The Morgan fingerprint density at radius 3 is 2.46 bits per heavy atom. The fourth-order valence-electron chi connectivity index (χ4n) is 1.99. The van der Waals surface area contributed by atoms with Crippen LogP contribution in [0.1, 0.15) is 23.5 Å². The van der Waals surface area contributed by atoms with E-state index < -0.39 is 0 Å². The molecule has 0 aliphatic heterocycles. The van der Waals surface area contributed by atoms with Crippen molar-refractivity contribution in [3.8, 4) is 11.5 Å². The molecule has 0 aliphatic carbocycles. The van der Waals surface area contributed by atoms with Gasteiger partial charge in [-0.15, -0.1) is 0 Å². The summed E-state index contributed by atoms with van der Waals surface area (Å²) in [6, 6.07) is 8.26. The van der Waals surface area contributed by atoms with Crippen molar-refractivity contribution in [2.24, 2.45) is 0 Å². The molecule has 0 spiro atoms. The molecular formula is C19H18O5. The zero-order valence-corrected chi connectivity index (χ0v) is 13.5. The number of ketones is 2. The minimum atomic E-state index is -0.313. The maximum atomic E-state index is 11.8. The van der Waals surface area contributed by atoms with E-state index in [0.717, 1.165) is 5.76 Å². The van der Waals surface area contributed by atoms with Gasteiger partial charge in [0.05, 0.1) is 13.5 Å². The number of phenols is 1.